The van der Waals surface area contributed by atoms with Crippen LogP contribution in [0.25, 0.3) is 0 Å². The molecular formula is C13H24O4. The Morgan fingerprint density at radius 1 is 1.29 bits per heavy atom. The second kappa shape index (κ2) is 7.67. The van der Waals surface area contributed by atoms with Gasteiger partial charge in [-0.1, -0.05) is 32.6 Å². The Bertz CT molecular complexity index is 229. The predicted molar refractivity (Wildman–Crippen MR) is 64.4 cm³/mol. The Balaban J connectivity index is 2.26. The van der Waals surface area contributed by atoms with Crippen molar-refractivity contribution in [3.63, 3.8) is 0 Å². The van der Waals surface area contributed by atoms with Crippen LogP contribution < -0.4 is 0 Å². The smallest absolute Gasteiger partial charge is 0.304 e. The fourth-order valence-electron chi connectivity index (χ4n) is 2.09. The fraction of sp³-hybridized carbons (Fsp3) is 0.923. The first kappa shape index (κ1) is 14.5. The van der Waals surface area contributed by atoms with Gasteiger partial charge in [0.25, 0.3) is 0 Å². The molecule has 1 fully saturated rings. The molecule has 0 radical (unpaired) electrons. The van der Waals surface area contributed by atoms with E-state index in [1.807, 2.05) is 6.92 Å². The molecule has 1 rings (SSSR count). The summed E-state index contributed by atoms with van der Waals surface area (Å²) in [6, 6.07) is 0. The van der Waals surface area contributed by atoms with E-state index in [0.717, 1.165) is 12.8 Å². The summed E-state index contributed by atoms with van der Waals surface area (Å²) < 4.78 is 16.1. The highest BCUT2D eigenvalue weighted by Crippen LogP contribution is 2.23. The number of carbonyl (C=O) groups is 1. The van der Waals surface area contributed by atoms with Crippen molar-refractivity contribution in [2.75, 3.05) is 0 Å². The number of hydrogen-bond acceptors (Lipinski definition) is 4. The lowest BCUT2D eigenvalue weighted by Gasteiger charge is -2.33. The van der Waals surface area contributed by atoms with E-state index >= 15 is 0 Å². The molecule has 1 aliphatic heterocycles. The minimum absolute atomic E-state index is 0.153. The van der Waals surface area contributed by atoms with Crippen molar-refractivity contribution >= 4 is 5.97 Å². The predicted octanol–water partition coefficient (Wildman–Crippen LogP) is 3.00. The Kier molecular flexibility index (Phi) is 6.52. The molecule has 1 heterocycles. The van der Waals surface area contributed by atoms with E-state index in [0.29, 0.717) is 6.42 Å². The number of unbranched alkanes of at least 4 members (excludes halogenated alkanes) is 3. The summed E-state index contributed by atoms with van der Waals surface area (Å²) >= 11 is 0. The molecule has 0 unspecified atom stereocenters. The van der Waals surface area contributed by atoms with Gasteiger partial charge in [-0.15, -0.1) is 0 Å². The van der Waals surface area contributed by atoms with Gasteiger partial charge in [-0.05, 0) is 13.3 Å². The summed E-state index contributed by atoms with van der Waals surface area (Å²) in [4.78, 5) is 10.9. The van der Waals surface area contributed by atoms with Gasteiger partial charge in [0, 0.05) is 13.3 Å². The average Bonchev–Trinajstić information content (AvgIpc) is 2.22. The zero-order valence-corrected chi connectivity index (χ0v) is 11.1. The van der Waals surface area contributed by atoms with E-state index in [4.69, 9.17) is 14.2 Å². The highest BCUT2D eigenvalue weighted by Gasteiger charge is 2.29. The Labute approximate surface area is 104 Å². The van der Waals surface area contributed by atoms with Crippen LogP contribution in [0.5, 0.6) is 0 Å². The summed E-state index contributed by atoms with van der Waals surface area (Å²) in [6.07, 6.45) is 6.01. The van der Waals surface area contributed by atoms with Gasteiger partial charge in [0.05, 0.1) is 6.10 Å². The van der Waals surface area contributed by atoms with Crippen molar-refractivity contribution in [3.8, 4) is 0 Å². The molecule has 0 saturated carbocycles. The van der Waals surface area contributed by atoms with Gasteiger partial charge in [-0.3, -0.25) is 4.79 Å². The van der Waals surface area contributed by atoms with Crippen LogP contribution in [-0.2, 0) is 19.0 Å². The van der Waals surface area contributed by atoms with E-state index in [2.05, 4.69) is 6.92 Å². The number of carbonyl (C=O) groups excluding carboxylic acids is 1. The van der Waals surface area contributed by atoms with Gasteiger partial charge in [0.15, 0.2) is 6.29 Å². The largest absolute Gasteiger partial charge is 0.436 e. The highest BCUT2D eigenvalue weighted by atomic mass is 16.8. The maximum atomic E-state index is 10.9. The molecule has 0 aliphatic carbocycles. The number of esters is 1. The van der Waals surface area contributed by atoms with Gasteiger partial charge in [0.1, 0.15) is 0 Å². The quantitative estimate of drug-likeness (QED) is 0.532. The van der Waals surface area contributed by atoms with E-state index < -0.39 is 6.29 Å². The monoisotopic (exact) mass is 244 g/mol. The lowest BCUT2D eigenvalue weighted by molar-refractivity contribution is -0.292. The number of rotatable bonds is 6. The molecule has 1 saturated heterocycles. The zero-order valence-electron chi connectivity index (χ0n) is 11.1. The molecule has 0 aromatic rings. The molecule has 4 heteroatoms. The third-order valence-corrected chi connectivity index (χ3v) is 2.86. The average molecular weight is 244 g/mol. The zero-order chi connectivity index (χ0) is 12.7. The SMILES string of the molecule is CCCCCC[C@H]1C[C@H](OC(C)=O)O[C@@H](C)O1. The third kappa shape index (κ3) is 6.03. The molecule has 3 atom stereocenters. The van der Waals surface area contributed by atoms with E-state index in [1.165, 1.54) is 26.2 Å². The van der Waals surface area contributed by atoms with Gasteiger partial charge in [-0.25, -0.2) is 0 Å². The van der Waals surface area contributed by atoms with Crippen LogP contribution in [0, 0.1) is 0 Å². The maximum absolute atomic E-state index is 10.9. The molecule has 4 nitrogen and oxygen atoms in total. The normalized spacial score (nSPS) is 29.0. The van der Waals surface area contributed by atoms with Crippen LogP contribution in [-0.4, -0.2) is 24.7 Å². The maximum Gasteiger partial charge on any atom is 0.304 e. The summed E-state index contributed by atoms with van der Waals surface area (Å²) in [5.41, 5.74) is 0. The topological polar surface area (TPSA) is 44.8 Å². The summed E-state index contributed by atoms with van der Waals surface area (Å²) in [6.45, 7) is 5.44. The third-order valence-electron chi connectivity index (χ3n) is 2.86. The molecule has 100 valence electrons. The lowest BCUT2D eigenvalue weighted by Crippen LogP contribution is -2.38. The Morgan fingerprint density at radius 2 is 2.06 bits per heavy atom. The molecule has 17 heavy (non-hydrogen) atoms. The van der Waals surface area contributed by atoms with Crippen LogP contribution in [0.3, 0.4) is 0 Å². The van der Waals surface area contributed by atoms with Crippen molar-refractivity contribution in [2.24, 2.45) is 0 Å². The minimum Gasteiger partial charge on any atom is -0.436 e. The van der Waals surface area contributed by atoms with Gasteiger partial charge in [0.2, 0.25) is 6.29 Å². The first-order chi connectivity index (χ1) is 8.11. The first-order valence-electron chi connectivity index (χ1n) is 6.60. The van der Waals surface area contributed by atoms with E-state index in [9.17, 15) is 4.79 Å². The van der Waals surface area contributed by atoms with Crippen LogP contribution in [0.4, 0.5) is 0 Å². The van der Waals surface area contributed by atoms with Gasteiger partial charge < -0.3 is 14.2 Å². The molecule has 0 bridgehead atoms. The lowest BCUT2D eigenvalue weighted by atomic mass is 10.1. The molecule has 0 spiro atoms. The molecular weight excluding hydrogens is 220 g/mol. The van der Waals surface area contributed by atoms with Crippen LogP contribution >= 0.6 is 0 Å². The van der Waals surface area contributed by atoms with Crippen LogP contribution in [0.1, 0.15) is 59.3 Å². The molecule has 0 aromatic heterocycles. The second-order valence-electron chi connectivity index (χ2n) is 4.59. The summed E-state index contributed by atoms with van der Waals surface area (Å²) in [5, 5.41) is 0. The first-order valence-corrected chi connectivity index (χ1v) is 6.60. The highest BCUT2D eigenvalue weighted by molar-refractivity contribution is 5.66. The summed E-state index contributed by atoms with van der Waals surface area (Å²) in [7, 11) is 0. The molecule has 0 N–H and O–H groups in total. The summed E-state index contributed by atoms with van der Waals surface area (Å²) in [5.74, 6) is -0.297. The minimum atomic E-state index is -0.438. The second-order valence-corrected chi connectivity index (χ2v) is 4.59. The van der Waals surface area contributed by atoms with Crippen LogP contribution in [0.2, 0.25) is 0 Å². The van der Waals surface area contributed by atoms with Crippen molar-refractivity contribution in [1.29, 1.82) is 0 Å². The Hall–Kier alpha value is -0.610. The Morgan fingerprint density at radius 3 is 2.71 bits per heavy atom. The van der Waals surface area contributed by atoms with Crippen molar-refractivity contribution in [1.82, 2.24) is 0 Å². The fourth-order valence-corrected chi connectivity index (χ4v) is 2.09. The standard InChI is InChI=1S/C13H24O4/c1-4-5-6-7-8-12-9-13(15-10(2)14)17-11(3)16-12/h11-13H,4-9H2,1-3H3/t11-,12-,13+/m0/s1. The van der Waals surface area contributed by atoms with E-state index in [1.54, 1.807) is 0 Å². The van der Waals surface area contributed by atoms with Crippen molar-refractivity contribution in [3.05, 3.63) is 0 Å². The number of ether oxygens (including phenoxy) is 3. The number of hydrogen-bond donors (Lipinski definition) is 0. The van der Waals surface area contributed by atoms with Gasteiger partial charge in [-0.2, -0.15) is 0 Å². The molecule has 0 aromatic carbocycles. The van der Waals surface area contributed by atoms with Crippen LogP contribution in [0.15, 0.2) is 0 Å². The van der Waals surface area contributed by atoms with Crippen molar-refractivity contribution in [2.45, 2.75) is 78.0 Å². The molecule has 0 amide bonds. The molecule has 1 aliphatic rings. The van der Waals surface area contributed by atoms with Crippen molar-refractivity contribution < 1.29 is 19.0 Å². The van der Waals surface area contributed by atoms with Gasteiger partial charge >= 0.3 is 5.97 Å². The van der Waals surface area contributed by atoms with E-state index in [-0.39, 0.29) is 18.4 Å².